The van der Waals surface area contributed by atoms with E-state index in [0.29, 0.717) is 39.9 Å². The lowest BCUT2D eigenvalue weighted by molar-refractivity contribution is -0.141. The van der Waals surface area contributed by atoms with E-state index in [9.17, 15) is 14.7 Å². The second-order valence-electron chi connectivity index (χ2n) is 6.50. The second-order valence-corrected chi connectivity index (χ2v) is 7.31. The van der Waals surface area contributed by atoms with Crippen molar-refractivity contribution >= 4 is 52.4 Å². The molecule has 0 aliphatic rings. The second kappa shape index (κ2) is 11.3. The van der Waals surface area contributed by atoms with Crippen LogP contribution in [-0.4, -0.2) is 35.5 Å². The summed E-state index contributed by atoms with van der Waals surface area (Å²) in [4.78, 5) is 23.9. The van der Waals surface area contributed by atoms with Crippen molar-refractivity contribution in [2.45, 2.75) is 25.3 Å². The Bertz CT molecular complexity index is 903. The summed E-state index contributed by atoms with van der Waals surface area (Å²) in [5, 5.41) is 25.6. The first kappa shape index (κ1) is 23.3. The molecule has 10 heteroatoms. The van der Waals surface area contributed by atoms with E-state index in [1.807, 2.05) is 0 Å². The SMILES string of the molecule is N=C(N)NCCC[C@@H](NC(=O)Cc1ccccc1Nc1c(Cl)cccc1Cl)C(=O)O. The summed E-state index contributed by atoms with van der Waals surface area (Å²) in [6.07, 6.45) is 0.608. The molecule has 8 nitrogen and oxygen atoms in total. The molecular formula is C20H23Cl2N5O3. The minimum Gasteiger partial charge on any atom is -0.480 e. The number of rotatable bonds is 10. The molecule has 0 unspecified atom stereocenters. The molecular weight excluding hydrogens is 429 g/mol. The average molecular weight is 452 g/mol. The van der Waals surface area contributed by atoms with Crippen molar-refractivity contribution in [3.63, 3.8) is 0 Å². The predicted octanol–water partition coefficient (Wildman–Crippen LogP) is 3.11. The molecule has 0 bridgehead atoms. The Balaban J connectivity index is 2.04. The number of carbonyl (C=O) groups is 2. The monoisotopic (exact) mass is 451 g/mol. The molecule has 7 N–H and O–H groups in total. The van der Waals surface area contributed by atoms with Gasteiger partial charge in [0.1, 0.15) is 6.04 Å². The molecule has 0 saturated heterocycles. The minimum absolute atomic E-state index is 0.0271. The number of para-hydroxylation sites is 2. The maximum absolute atomic E-state index is 12.5. The Hall–Kier alpha value is -2.97. The Morgan fingerprint density at radius 3 is 2.40 bits per heavy atom. The van der Waals surface area contributed by atoms with E-state index < -0.39 is 17.9 Å². The van der Waals surface area contributed by atoms with E-state index in [-0.39, 0.29) is 18.8 Å². The van der Waals surface area contributed by atoms with Gasteiger partial charge in [0.05, 0.1) is 22.2 Å². The van der Waals surface area contributed by atoms with Crippen molar-refractivity contribution in [1.82, 2.24) is 10.6 Å². The summed E-state index contributed by atoms with van der Waals surface area (Å²) in [7, 11) is 0. The first-order valence-electron chi connectivity index (χ1n) is 9.17. The fourth-order valence-electron chi connectivity index (χ4n) is 2.75. The fraction of sp³-hybridized carbons (Fsp3) is 0.250. The van der Waals surface area contributed by atoms with Crippen LogP contribution in [0.2, 0.25) is 10.0 Å². The number of hydrogen-bond acceptors (Lipinski definition) is 4. The van der Waals surface area contributed by atoms with Gasteiger partial charge in [0.25, 0.3) is 0 Å². The van der Waals surface area contributed by atoms with E-state index in [2.05, 4.69) is 16.0 Å². The average Bonchev–Trinajstić information content (AvgIpc) is 2.68. The largest absolute Gasteiger partial charge is 0.480 e. The fourth-order valence-corrected chi connectivity index (χ4v) is 3.25. The first-order chi connectivity index (χ1) is 14.3. The van der Waals surface area contributed by atoms with Gasteiger partial charge in [0.15, 0.2) is 5.96 Å². The Morgan fingerprint density at radius 1 is 1.10 bits per heavy atom. The molecule has 2 aromatic rings. The molecule has 0 heterocycles. The van der Waals surface area contributed by atoms with Gasteiger partial charge in [0.2, 0.25) is 5.91 Å². The molecule has 160 valence electrons. The smallest absolute Gasteiger partial charge is 0.326 e. The highest BCUT2D eigenvalue weighted by atomic mass is 35.5. The lowest BCUT2D eigenvalue weighted by Gasteiger charge is -2.17. The Kier molecular flexibility index (Phi) is 8.76. The molecule has 2 rings (SSSR count). The molecule has 0 aliphatic carbocycles. The standard InChI is InChI=1S/C20H23Cl2N5O3/c21-13-6-3-7-14(22)18(13)27-15-8-2-1-5-12(15)11-17(28)26-16(19(29)30)9-4-10-25-20(23)24/h1-3,5-8,16,27H,4,9-11H2,(H,26,28)(H,29,30)(H4,23,24,25)/t16-/m1/s1. The molecule has 30 heavy (non-hydrogen) atoms. The van der Waals surface area contributed by atoms with Crippen molar-refractivity contribution in [1.29, 1.82) is 5.41 Å². The summed E-state index contributed by atoms with van der Waals surface area (Å²) < 4.78 is 0. The number of aliphatic carboxylic acids is 1. The van der Waals surface area contributed by atoms with Gasteiger partial charge in [0, 0.05) is 12.2 Å². The van der Waals surface area contributed by atoms with Crippen LogP contribution in [0, 0.1) is 5.41 Å². The van der Waals surface area contributed by atoms with Crippen molar-refractivity contribution in [3.05, 3.63) is 58.1 Å². The summed E-state index contributed by atoms with van der Waals surface area (Å²) >= 11 is 12.4. The number of benzene rings is 2. The molecule has 1 atom stereocenters. The lowest BCUT2D eigenvalue weighted by Crippen LogP contribution is -2.42. The zero-order chi connectivity index (χ0) is 22.1. The van der Waals surface area contributed by atoms with Crippen LogP contribution in [0.25, 0.3) is 0 Å². The van der Waals surface area contributed by atoms with Gasteiger partial charge >= 0.3 is 5.97 Å². The number of carbonyl (C=O) groups excluding carboxylic acids is 1. The number of hydrogen-bond donors (Lipinski definition) is 6. The zero-order valence-corrected chi connectivity index (χ0v) is 17.6. The highest BCUT2D eigenvalue weighted by Crippen LogP contribution is 2.33. The minimum atomic E-state index is -1.12. The van der Waals surface area contributed by atoms with Gasteiger partial charge in [-0.15, -0.1) is 0 Å². The number of anilines is 2. The van der Waals surface area contributed by atoms with Crippen molar-refractivity contribution in [2.75, 3.05) is 11.9 Å². The number of halogens is 2. The van der Waals surface area contributed by atoms with Gasteiger partial charge in [-0.25, -0.2) is 4.79 Å². The number of amides is 1. The van der Waals surface area contributed by atoms with Gasteiger partial charge in [-0.2, -0.15) is 0 Å². The van der Waals surface area contributed by atoms with Gasteiger partial charge in [-0.3, -0.25) is 10.2 Å². The third-order valence-electron chi connectivity index (χ3n) is 4.21. The maximum Gasteiger partial charge on any atom is 0.326 e. The van der Waals surface area contributed by atoms with Crippen molar-refractivity contribution in [3.8, 4) is 0 Å². The summed E-state index contributed by atoms with van der Waals surface area (Å²) in [5.74, 6) is -1.74. The van der Waals surface area contributed by atoms with Crippen molar-refractivity contribution < 1.29 is 14.7 Å². The normalized spacial score (nSPS) is 11.4. The lowest BCUT2D eigenvalue weighted by atomic mass is 10.1. The number of guanidine groups is 1. The van der Waals surface area contributed by atoms with E-state index in [1.54, 1.807) is 42.5 Å². The van der Waals surface area contributed by atoms with E-state index >= 15 is 0 Å². The van der Waals surface area contributed by atoms with Crippen LogP contribution in [0.5, 0.6) is 0 Å². The predicted molar refractivity (Wildman–Crippen MR) is 119 cm³/mol. The molecule has 1 amide bonds. The van der Waals surface area contributed by atoms with Crippen molar-refractivity contribution in [2.24, 2.45) is 5.73 Å². The summed E-state index contributed by atoms with van der Waals surface area (Å²) in [6, 6.07) is 11.2. The molecule has 0 saturated carbocycles. The van der Waals surface area contributed by atoms with E-state index in [4.69, 9.17) is 34.3 Å². The molecule has 0 spiro atoms. The quantitative estimate of drug-likeness (QED) is 0.186. The van der Waals surface area contributed by atoms with Crippen LogP contribution >= 0.6 is 23.2 Å². The molecule has 0 aliphatic heterocycles. The third-order valence-corrected chi connectivity index (χ3v) is 4.84. The Labute approximate surface area is 184 Å². The van der Waals surface area contributed by atoms with Crippen LogP contribution in [0.3, 0.4) is 0 Å². The molecule has 0 fully saturated rings. The van der Waals surface area contributed by atoms with Crippen LogP contribution < -0.4 is 21.7 Å². The highest BCUT2D eigenvalue weighted by molar-refractivity contribution is 6.39. The number of nitrogens with one attached hydrogen (secondary N) is 4. The maximum atomic E-state index is 12.5. The van der Waals surface area contributed by atoms with Gasteiger partial charge < -0.3 is 26.8 Å². The number of nitrogens with two attached hydrogens (primary N) is 1. The zero-order valence-electron chi connectivity index (χ0n) is 16.0. The highest BCUT2D eigenvalue weighted by Gasteiger charge is 2.20. The molecule has 0 radical (unpaired) electrons. The van der Waals surface area contributed by atoms with Crippen LogP contribution in [0.15, 0.2) is 42.5 Å². The topological polar surface area (TPSA) is 140 Å². The number of carboxylic acid groups (broad SMARTS) is 1. The van der Waals surface area contributed by atoms with E-state index in [1.165, 1.54) is 0 Å². The van der Waals surface area contributed by atoms with Crippen LogP contribution in [0.1, 0.15) is 18.4 Å². The number of carboxylic acids is 1. The van der Waals surface area contributed by atoms with E-state index in [0.717, 1.165) is 0 Å². The molecule has 0 aromatic heterocycles. The summed E-state index contributed by atoms with van der Waals surface area (Å²) in [5.41, 5.74) is 7.01. The van der Waals surface area contributed by atoms with Gasteiger partial charge in [-0.1, -0.05) is 47.5 Å². The summed E-state index contributed by atoms with van der Waals surface area (Å²) in [6.45, 7) is 0.348. The Morgan fingerprint density at radius 2 is 1.77 bits per heavy atom. The van der Waals surface area contributed by atoms with Crippen LogP contribution in [-0.2, 0) is 16.0 Å². The third kappa shape index (κ3) is 7.13. The van der Waals surface area contributed by atoms with Gasteiger partial charge in [-0.05, 0) is 36.6 Å². The van der Waals surface area contributed by atoms with Crippen LogP contribution in [0.4, 0.5) is 11.4 Å². The first-order valence-corrected chi connectivity index (χ1v) is 9.92. The molecule has 2 aromatic carbocycles.